The van der Waals surface area contributed by atoms with Gasteiger partial charge in [-0.05, 0) is 30.5 Å². The van der Waals surface area contributed by atoms with Crippen LogP contribution in [0, 0.1) is 6.92 Å². The molecule has 0 aromatic heterocycles. The van der Waals surface area contributed by atoms with E-state index in [1.165, 1.54) is 0 Å². The molecule has 1 aromatic rings. The number of carbonyl (C=O) groups is 1. The molecule has 0 aliphatic carbocycles. The Hall–Kier alpha value is -1.31. The fourth-order valence-corrected chi connectivity index (χ4v) is 1.46. The highest BCUT2D eigenvalue weighted by Crippen LogP contribution is 2.25. The third-order valence-electron chi connectivity index (χ3n) is 2.39. The van der Waals surface area contributed by atoms with Gasteiger partial charge in [-0.2, -0.15) is 0 Å². The van der Waals surface area contributed by atoms with Crippen LogP contribution in [0.3, 0.4) is 0 Å². The van der Waals surface area contributed by atoms with Gasteiger partial charge in [-0.25, -0.2) is 0 Å². The Labute approximate surface area is 84.6 Å². The van der Waals surface area contributed by atoms with Crippen LogP contribution in [0.15, 0.2) is 12.1 Å². The van der Waals surface area contributed by atoms with Gasteiger partial charge in [0, 0.05) is 6.42 Å². The van der Waals surface area contributed by atoms with Crippen molar-refractivity contribution in [3.8, 4) is 5.75 Å². The standard InChI is InChI=1S/C12H16O2/c1-4-9-6-8(3)12(14)10(7-9)11(13)5-2/h6-7,14H,4-5H2,1-3H3. The Bertz CT molecular complexity index is 354. The summed E-state index contributed by atoms with van der Waals surface area (Å²) in [6.07, 6.45) is 1.31. The molecule has 2 heteroatoms. The second kappa shape index (κ2) is 4.27. The second-order valence-corrected chi connectivity index (χ2v) is 3.44. The van der Waals surface area contributed by atoms with Crippen LogP contribution in [0.2, 0.25) is 0 Å². The lowest BCUT2D eigenvalue weighted by atomic mass is 9.99. The van der Waals surface area contributed by atoms with Gasteiger partial charge < -0.3 is 5.11 Å². The van der Waals surface area contributed by atoms with Gasteiger partial charge in [-0.15, -0.1) is 0 Å². The van der Waals surface area contributed by atoms with Gasteiger partial charge >= 0.3 is 0 Å². The summed E-state index contributed by atoms with van der Waals surface area (Å²) >= 11 is 0. The van der Waals surface area contributed by atoms with Crippen molar-refractivity contribution in [2.45, 2.75) is 33.6 Å². The third kappa shape index (κ3) is 1.95. The highest BCUT2D eigenvalue weighted by atomic mass is 16.3. The van der Waals surface area contributed by atoms with E-state index in [-0.39, 0.29) is 11.5 Å². The zero-order chi connectivity index (χ0) is 10.7. The molecule has 1 aromatic carbocycles. The molecule has 76 valence electrons. The zero-order valence-corrected chi connectivity index (χ0v) is 8.92. The molecule has 1 rings (SSSR count). The Morgan fingerprint density at radius 2 is 2.00 bits per heavy atom. The summed E-state index contributed by atoms with van der Waals surface area (Å²) in [7, 11) is 0. The van der Waals surface area contributed by atoms with Crippen molar-refractivity contribution in [3.63, 3.8) is 0 Å². The molecule has 0 radical (unpaired) electrons. The quantitative estimate of drug-likeness (QED) is 0.748. The summed E-state index contributed by atoms with van der Waals surface area (Å²) in [4.78, 5) is 11.5. The van der Waals surface area contributed by atoms with Crippen LogP contribution >= 0.6 is 0 Å². The molecule has 2 nitrogen and oxygen atoms in total. The van der Waals surface area contributed by atoms with Crippen molar-refractivity contribution in [1.82, 2.24) is 0 Å². The van der Waals surface area contributed by atoms with E-state index in [0.29, 0.717) is 12.0 Å². The number of benzene rings is 1. The van der Waals surface area contributed by atoms with Gasteiger partial charge in [-0.1, -0.05) is 19.9 Å². The largest absolute Gasteiger partial charge is 0.507 e. The number of rotatable bonds is 3. The number of phenols is 1. The monoisotopic (exact) mass is 192 g/mol. The Morgan fingerprint density at radius 3 is 2.50 bits per heavy atom. The Morgan fingerprint density at radius 1 is 1.36 bits per heavy atom. The first-order valence-electron chi connectivity index (χ1n) is 4.95. The zero-order valence-electron chi connectivity index (χ0n) is 8.92. The summed E-state index contributed by atoms with van der Waals surface area (Å²) in [6, 6.07) is 3.70. The summed E-state index contributed by atoms with van der Waals surface area (Å²) in [5.74, 6) is 0.134. The van der Waals surface area contributed by atoms with Gasteiger partial charge in [0.2, 0.25) is 0 Å². The van der Waals surface area contributed by atoms with Crippen molar-refractivity contribution in [2.75, 3.05) is 0 Å². The van der Waals surface area contributed by atoms with Crippen LogP contribution in [-0.2, 0) is 6.42 Å². The van der Waals surface area contributed by atoms with Crippen LogP contribution in [-0.4, -0.2) is 10.9 Å². The smallest absolute Gasteiger partial charge is 0.166 e. The fraction of sp³-hybridized carbons (Fsp3) is 0.417. The van der Waals surface area contributed by atoms with Gasteiger partial charge in [0.25, 0.3) is 0 Å². The van der Waals surface area contributed by atoms with E-state index in [0.717, 1.165) is 17.5 Å². The average molecular weight is 192 g/mol. The molecule has 0 bridgehead atoms. The Balaban J connectivity index is 3.27. The number of hydrogen-bond acceptors (Lipinski definition) is 2. The van der Waals surface area contributed by atoms with E-state index in [1.807, 2.05) is 19.9 Å². The number of ketones is 1. The first-order valence-corrected chi connectivity index (χ1v) is 4.95. The summed E-state index contributed by atoms with van der Waals surface area (Å²) in [6.45, 7) is 5.66. The molecular formula is C12H16O2. The van der Waals surface area contributed by atoms with Gasteiger partial charge in [0.05, 0.1) is 5.56 Å². The molecule has 0 saturated carbocycles. The molecular weight excluding hydrogens is 176 g/mol. The van der Waals surface area contributed by atoms with Crippen molar-refractivity contribution < 1.29 is 9.90 Å². The fourth-order valence-electron chi connectivity index (χ4n) is 1.46. The van der Waals surface area contributed by atoms with Crippen molar-refractivity contribution in [1.29, 1.82) is 0 Å². The number of hydrogen-bond donors (Lipinski definition) is 1. The molecule has 0 saturated heterocycles. The number of aryl methyl sites for hydroxylation is 2. The maximum Gasteiger partial charge on any atom is 0.166 e. The molecule has 0 spiro atoms. The molecule has 0 atom stereocenters. The predicted octanol–water partition coefficient (Wildman–Crippen LogP) is 2.86. The lowest BCUT2D eigenvalue weighted by Crippen LogP contribution is -1.99. The Kier molecular flexibility index (Phi) is 3.28. The molecule has 0 fully saturated rings. The minimum Gasteiger partial charge on any atom is -0.507 e. The van der Waals surface area contributed by atoms with Crippen LogP contribution in [0.4, 0.5) is 0 Å². The van der Waals surface area contributed by atoms with Crippen molar-refractivity contribution in [3.05, 3.63) is 28.8 Å². The highest BCUT2D eigenvalue weighted by Gasteiger charge is 2.12. The van der Waals surface area contributed by atoms with Gasteiger partial charge in [0.15, 0.2) is 5.78 Å². The molecule has 0 amide bonds. The first-order chi connectivity index (χ1) is 6.60. The molecule has 0 aliphatic heterocycles. The van der Waals surface area contributed by atoms with E-state index in [9.17, 15) is 9.90 Å². The summed E-state index contributed by atoms with van der Waals surface area (Å²) in [5, 5.41) is 9.70. The minimum atomic E-state index is 0.000833. The average Bonchev–Trinajstić information content (AvgIpc) is 2.20. The number of carbonyl (C=O) groups excluding carboxylic acids is 1. The molecule has 1 N–H and O–H groups in total. The molecule has 14 heavy (non-hydrogen) atoms. The van der Waals surface area contributed by atoms with E-state index < -0.39 is 0 Å². The van der Waals surface area contributed by atoms with E-state index in [1.54, 1.807) is 13.0 Å². The maximum atomic E-state index is 11.5. The van der Waals surface area contributed by atoms with Crippen LogP contribution in [0.1, 0.15) is 41.8 Å². The van der Waals surface area contributed by atoms with E-state index in [4.69, 9.17) is 0 Å². The first kappa shape index (κ1) is 10.8. The number of phenolic OH excluding ortho intramolecular Hbond substituents is 1. The summed E-state index contributed by atoms with van der Waals surface area (Å²) < 4.78 is 0. The van der Waals surface area contributed by atoms with Crippen LogP contribution in [0.5, 0.6) is 5.75 Å². The van der Waals surface area contributed by atoms with Crippen LogP contribution in [0.25, 0.3) is 0 Å². The predicted molar refractivity (Wildman–Crippen MR) is 56.8 cm³/mol. The number of aromatic hydroxyl groups is 1. The lowest BCUT2D eigenvalue weighted by Gasteiger charge is -2.08. The minimum absolute atomic E-state index is 0.000833. The van der Waals surface area contributed by atoms with Crippen LogP contribution < -0.4 is 0 Å². The second-order valence-electron chi connectivity index (χ2n) is 3.44. The molecule has 0 unspecified atom stereocenters. The summed E-state index contributed by atoms with van der Waals surface area (Å²) in [5.41, 5.74) is 2.34. The normalized spacial score (nSPS) is 10.2. The third-order valence-corrected chi connectivity index (χ3v) is 2.39. The topological polar surface area (TPSA) is 37.3 Å². The molecule has 0 aliphatic rings. The number of Topliss-reactive ketones (excluding diaryl/α,β-unsaturated/α-hetero) is 1. The maximum absolute atomic E-state index is 11.5. The SMILES string of the molecule is CCC(=O)c1cc(CC)cc(C)c1O. The highest BCUT2D eigenvalue weighted by molar-refractivity contribution is 5.98. The van der Waals surface area contributed by atoms with Gasteiger partial charge in [-0.3, -0.25) is 4.79 Å². The molecule has 0 heterocycles. The van der Waals surface area contributed by atoms with E-state index in [2.05, 4.69) is 0 Å². The lowest BCUT2D eigenvalue weighted by molar-refractivity contribution is 0.0985. The van der Waals surface area contributed by atoms with Crippen molar-refractivity contribution >= 4 is 5.78 Å². The van der Waals surface area contributed by atoms with Gasteiger partial charge in [0.1, 0.15) is 5.75 Å². The van der Waals surface area contributed by atoms with Crippen molar-refractivity contribution in [2.24, 2.45) is 0 Å². The van der Waals surface area contributed by atoms with E-state index >= 15 is 0 Å².